The van der Waals surface area contributed by atoms with Gasteiger partial charge in [-0.05, 0) is 229 Å². The van der Waals surface area contributed by atoms with Gasteiger partial charge < -0.3 is 4.74 Å². The molecule has 0 aliphatic rings. The fourth-order valence-corrected chi connectivity index (χ4v) is 23.6. The summed E-state index contributed by atoms with van der Waals surface area (Å²) in [4.78, 5) is 16.3. The Morgan fingerprint density at radius 2 is 0.667 bits per heavy atom. The molecule has 1 unspecified atom stereocenters. The lowest BCUT2D eigenvalue weighted by molar-refractivity contribution is 0.408. The van der Waals surface area contributed by atoms with Crippen molar-refractivity contribution in [1.29, 1.82) is 0 Å². The van der Waals surface area contributed by atoms with Gasteiger partial charge in [-0.15, -0.1) is 0 Å². The predicted octanol–water partition coefficient (Wildman–Crippen LogP) is 29.8. The molecule has 14 aromatic carbocycles. The molecule has 0 N–H and O–H groups in total. The highest BCUT2D eigenvalue weighted by Gasteiger charge is 2.32. The monoisotopic (exact) mass is 1540 g/mol. The largest absolute Gasteiger partial charge is 0.496 e. The summed E-state index contributed by atoms with van der Waals surface area (Å²) in [6.45, 7) is 28.3. The first-order chi connectivity index (χ1) is 53.9. The second-order valence-electron chi connectivity index (χ2n) is 29.4. The highest BCUT2D eigenvalue weighted by molar-refractivity contribution is 7.99. The van der Waals surface area contributed by atoms with Gasteiger partial charge in [0.05, 0.1) is 50.7 Å². The molecule has 1 heterocycles. The van der Waals surface area contributed by atoms with E-state index >= 15 is 0 Å². The first-order valence-electron chi connectivity index (χ1n) is 38.1. The fraction of sp³-hybridized carbons (Fsp3) is 0.143. The van der Waals surface area contributed by atoms with Crippen LogP contribution in [0.4, 0.5) is 0 Å². The highest BCUT2D eigenvalue weighted by Crippen LogP contribution is 2.48. The van der Waals surface area contributed by atoms with Crippen LogP contribution in [0.5, 0.6) is 5.75 Å². The molecule has 1 aromatic heterocycles. The Labute approximate surface area is 677 Å². The van der Waals surface area contributed by atoms with Crippen LogP contribution in [0, 0.1) is 26.2 Å². The zero-order valence-corrected chi connectivity index (χ0v) is 70.4. The van der Waals surface area contributed by atoms with E-state index in [0.29, 0.717) is 5.92 Å². The minimum atomic E-state index is -0.112. The minimum absolute atomic E-state index is 0.0146. The Hall–Kier alpha value is -10.3. The second-order valence-corrected chi connectivity index (χ2v) is 39.3. The van der Waals surface area contributed by atoms with Crippen LogP contribution in [0.15, 0.2) is 466 Å². The Balaban J connectivity index is 0.000000139. The molecular weight excluding hydrogens is 1440 g/mol. The average Bonchev–Trinajstić information content (AvgIpc) is 1.60. The summed E-state index contributed by atoms with van der Waals surface area (Å²) in [5.41, 5.74) is 7.95. The van der Waals surface area contributed by atoms with Gasteiger partial charge in [-0.1, -0.05) is 286 Å². The number of methoxy groups -OCH3 is 1. The molecule has 6 heteroatoms. The predicted molar refractivity (Wildman–Crippen MR) is 487 cm³/mol. The molecule has 1 nitrogen and oxygen atoms in total. The molecule has 0 aliphatic carbocycles. The quantitative estimate of drug-likeness (QED) is 0.0652. The van der Waals surface area contributed by atoms with Crippen LogP contribution in [-0.2, 0) is 49.0 Å². The van der Waals surface area contributed by atoms with Crippen molar-refractivity contribution in [1.82, 2.24) is 0 Å². The first kappa shape index (κ1) is 81.7. The molecule has 1 atom stereocenters. The number of thiophene rings is 1. The van der Waals surface area contributed by atoms with E-state index in [1.807, 2.05) is 6.08 Å². The van der Waals surface area contributed by atoms with Gasteiger partial charge in [0, 0.05) is 33.4 Å². The van der Waals surface area contributed by atoms with Gasteiger partial charge in [0.15, 0.2) is 68.1 Å². The van der Waals surface area contributed by atoms with Crippen LogP contribution in [0.1, 0.15) is 89.1 Å². The van der Waals surface area contributed by atoms with Crippen LogP contribution in [0.25, 0.3) is 25.1 Å². The van der Waals surface area contributed by atoms with Crippen molar-refractivity contribution in [3.05, 3.63) is 440 Å². The van der Waals surface area contributed by atoms with Crippen molar-refractivity contribution in [2.45, 2.75) is 141 Å². The Bertz CT molecular complexity index is 5130. The van der Waals surface area contributed by atoms with Crippen LogP contribution in [0.2, 0.25) is 0 Å². The van der Waals surface area contributed by atoms with E-state index in [1.54, 1.807) is 7.11 Å². The third-order valence-electron chi connectivity index (χ3n) is 18.8. The summed E-state index contributed by atoms with van der Waals surface area (Å²) in [5.74, 6) is 1.53. The zero-order valence-electron chi connectivity index (χ0n) is 66.3. The van der Waals surface area contributed by atoms with E-state index in [2.05, 4.69) is 476 Å². The van der Waals surface area contributed by atoms with Gasteiger partial charge in [0.1, 0.15) is 11.2 Å². The molecule has 15 rings (SSSR count). The molecule has 0 aliphatic heterocycles. The van der Waals surface area contributed by atoms with Gasteiger partial charge in [0.25, 0.3) is 0 Å². The molecule has 0 amide bonds. The van der Waals surface area contributed by atoms with Gasteiger partial charge in [0.2, 0.25) is 0 Å². The smallest absolute Gasteiger partial charge is 0.187 e. The molecule has 0 radical (unpaired) electrons. The lowest BCUT2D eigenvalue weighted by Crippen LogP contribution is -2.11. The minimum Gasteiger partial charge on any atom is -0.496 e. The normalized spacial score (nSPS) is 11.8. The summed E-state index contributed by atoms with van der Waals surface area (Å²) in [5, 5.41) is 5.13. The van der Waals surface area contributed by atoms with Gasteiger partial charge in [-0.25, -0.2) is 0 Å². The van der Waals surface area contributed by atoms with Crippen LogP contribution in [-0.4, -0.2) is 7.11 Å². The van der Waals surface area contributed by atoms with E-state index in [0.717, 1.165) is 5.75 Å². The summed E-state index contributed by atoms with van der Waals surface area (Å²) in [6.07, 6.45) is 6.39. The fourth-order valence-electron chi connectivity index (χ4n) is 13.0. The maximum absolute atomic E-state index is 5.52. The molecular formula is C105H105OS5+5. The molecule has 0 saturated carbocycles. The van der Waals surface area contributed by atoms with Gasteiger partial charge >= 0.3 is 0 Å². The number of hydrogen-bond donors (Lipinski definition) is 0. The first-order valence-corrected chi connectivity index (χ1v) is 44.3. The van der Waals surface area contributed by atoms with Crippen molar-refractivity contribution in [2.75, 3.05) is 7.11 Å². The number of aryl methyl sites for hydroxylation is 3. The maximum Gasteiger partial charge on any atom is 0.187 e. The molecule has 111 heavy (non-hydrogen) atoms. The summed E-state index contributed by atoms with van der Waals surface area (Å²) < 4.78 is 8.43. The number of fused-ring (bicyclic) bond motifs is 3. The Morgan fingerprint density at radius 3 is 0.991 bits per heavy atom. The zero-order chi connectivity index (χ0) is 78.1. The third kappa shape index (κ3) is 22.1. The van der Waals surface area contributed by atoms with E-state index in [4.69, 9.17) is 4.74 Å². The second kappa shape index (κ2) is 40.1. The van der Waals surface area contributed by atoms with E-state index in [1.165, 1.54) is 112 Å². The average molecular weight is 1540 g/mol. The van der Waals surface area contributed by atoms with E-state index in [-0.39, 0.29) is 64.9 Å². The highest BCUT2D eigenvalue weighted by atomic mass is 32.2. The SMILES string of the molecule is C=C/C(=C\C=C\[S+](c1ccc(C(C)C)cc1)c1ccc(C(C)(C)C)cc1)C(C)(C)C.COc1c(C)cc([S+](c2ccccc2)c2ccccc2)cc1C.Cc1ccc([S+](c2ccccc2)c2ccccc2)cc1.c1ccc(-[s+]2c3ccccc3c3ccccc32)cc1.c1ccc([S+](c2ccccc2)c2ccccc2)cc1. The number of rotatable bonds is 17. The van der Waals surface area contributed by atoms with Crippen molar-refractivity contribution in [3.8, 4) is 10.6 Å². The molecule has 15 aromatic rings. The lowest BCUT2D eigenvalue weighted by Gasteiger charge is -2.19. The summed E-state index contributed by atoms with van der Waals surface area (Å²) in [7, 11) is 1.55. The number of benzene rings is 14. The molecule has 0 fully saturated rings. The van der Waals surface area contributed by atoms with Gasteiger partial charge in [-0.2, -0.15) is 0 Å². The summed E-state index contributed by atoms with van der Waals surface area (Å²) >= 11 is 0. The van der Waals surface area contributed by atoms with Gasteiger partial charge in [-0.3, -0.25) is 0 Å². The van der Waals surface area contributed by atoms with Crippen molar-refractivity contribution in [2.24, 2.45) is 5.41 Å². The number of hydrogen-bond acceptors (Lipinski definition) is 1. The standard InChI is InChI=1S/C29H39S.C21H21OS.C19H17S.C18H13S.C18H15S/c1-10-24(28(4,5)6)12-11-21-30(26-17-13-23(14-18-26)22(2)3)27-19-15-25(16-20-27)29(7,8)9;1-16-14-20(15-17(2)21(16)22-3)23(18-10-6-4-7-11-18)19-12-8-5-9-13-19;1-16-12-14-19(15-13-16)20(17-8-4-2-5-9-17)18-10-6-3-7-11-18;1-2-8-14(9-3-1)19-17-12-6-4-10-15(17)16-11-5-7-13-18(16)19;1-4-10-16(11-5-1)19(17-12-6-2-7-13-17)18-14-8-3-9-15-18/h10-22H,1H2,2-9H3;4-15H,1-3H3;2-15H,1H3;1-13H;1-15H/q5*+1/b21-11+,24-12+;;;;. The Kier molecular flexibility index (Phi) is 29.5. The molecule has 0 saturated heterocycles. The maximum atomic E-state index is 5.52. The molecule has 556 valence electrons. The third-order valence-corrected chi connectivity index (χ3v) is 29.8. The van der Waals surface area contributed by atoms with Crippen molar-refractivity contribution >= 4 is 74.2 Å². The van der Waals surface area contributed by atoms with Crippen LogP contribution in [0.3, 0.4) is 0 Å². The number of ether oxygens (including phenoxy) is 1. The topological polar surface area (TPSA) is 9.23 Å². The van der Waals surface area contributed by atoms with E-state index in [9.17, 15) is 0 Å². The Morgan fingerprint density at radius 1 is 0.360 bits per heavy atom. The molecule has 0 bridgehead atoms. The van der Waals surface area contributed by atoms with Crippen LogP contribution < -0.4 is 4.74 Å². The molecule has 0 spiro atoms. The van der Waals surface area contributed by atoms with Crippen molar-refractivity contribution < 1.29 is 4.74 Å². The van der Waals surface area contributed by atoms with Crippen LogP contribution >= 0.6 is 10.5 Å². The lowest BCUT2D eigenvalue weighted by atomic mass is 9.86. The van der Waals surface area contributed by atoms with Crippen molar-refractivity contribution in [3.63, 3.8) is 0 Å². The number of allylic oxidation sites excluding steroid dienone is 4. The van der Waals surface area contributed by atoms with E-state index < -0.39 is 0 Å². The summed E-state index contributed by atoms with van der Waals surface area (Å²) in [6, 6.07) is 135.